The summed E-state index contributed by atoms with van der Waals surface area (Å²) in [4.78, 5) is 15.2. The number of rotatable bonds is 2. The molecular formula is C7H5NOS2. The fourth-order valence-corrected chi connectivity index (χ4v) is 1.69. The molecule has 0 fully saturated rings. The first-order chi connectivity index (χ1) is 5.27. The van der Waals surface area contributed by atoms with Crippen LogP contribution < -0.4 is 0 Å². The molecule has 0 aliphatic heterocycles. The van der Waals surface area contributed by atoms with E-state index < -0.39 is 0 Å². The number of carbonyl (C=O) groups excluding carboxylic acids is 1. The van der Waals surface area contributed by atoms with Gasteiger partial charge in [0.05, 0.1) is 10.7 Å². The van der Waals surface area contributed by atoms with Crippen LogP contribution in [0.2, 0.25) is 0 Å². The number of isothiocyanates is 1. The molecule has 1 aromatic heterocycles. The number of aryl methyl sites for hydroxylation is 1. The summed E-state index contributed by atoms with van der Waals surface area (Å²) in [6.45, 7) is 1.92. The normalized spacial score (nSPS) is 8.82. The SMILES string of the molecule is Cc1cc(C=O)c(N=C=S)s1. The third-order valence-electron chi connectivity index (χ3n) is 1.14. The van der Waals surface area contributed by atoms with Gasteiger partial charge in [-0.25, -0.2) is 0 Å². The largest absolute Gasteiger partial charge is 0.298 e. The van der Waals surface area contributed by atoms with E-state index in [-0.39, 0.29) is 0 Å². The van der Waals surface area contributed by atoms with Crippen LogP contribution in [0.4, 0.5) is 5.00 Å². The minimum Gasteiger partial charge on any atom is -0.298 e. The molecule has 0 aromatic carbocycles. The molecule has 2 nitrogen and oxygen atoms in total. The molecule has 0 saturated heterocycles. The summed E-state index contributed by atoms with van der Waals surface area (Å²) >= 11 is 5.86. The summed E-state index contributed by atoms with van der Waals surface area (Å²) in [6.07, 6.45) is 0.773. The van der Waals surface area contributed by atoms with E-state index in [0.29, 0.717) is 10.6 Å². The van der Waals surface area contributed by atoms with Crippen molar-refractivity contribution in [3.8, 4) is 0 Å². The van der Waals surface area contributed by atoms with Gasteiger partial charge in [0.25, 0.3) is 0 Å². The number of aliphatic imine (C=N–C) groups is 1. The van der Waals surface area contributed by atoms with Gasteiger partial charge in [0, 0.05) is 4.88 Å². The zero-order valence-corrected chi connectivity index (χ0v) is 7.46. The van der Waals surface area contributed by atoms with Crippen LogP contribution in [0.1, 0.15) is 15.2 Å². The van der Waals surface area contributed by atoms with Gasteiger partial charge < -0.3 is 0 Å². The first-order valence-corrected chi connectivity index (χ1v) is 4.14. The molecule has 1 aromatic rings. The quantitative estimate of drug-likeness (QED) is 0.400. The number of carbonyl (C=O) groups is 1. The Morgan fingerprint density at radius 3 is 3.09 bits per heavy atom. The molecule has 0 atom stereocenters. The van der Waals surface area contributed by atoms with E-state index in [0.717, 1.165) is 11.2 Å². The van der Waals surface area contributed by atoms with Gasteiger partial charge in [-0.05, 0) is 25.2 Å². The van der Waals surface area contributed by atoms with Crippen LogP contribution >= 0.6 is 23.6 Å². The van der Waals surface area contributed by atoms with Gasteiger partial charge >= 0.3 is 0 Å². The molecule has 0 aliphatic carbocycles. The minimum atomic E-state index is 0.588. The fraction of sp³-hybridized carbons (Fsp3) is 0.143. The van der Waals surface area contributed by atoms with Gasteiger partial charge in [-0.1, -0.05) is 0 Å². The Morgan fingerprint density at radius 2 is 2.55 bits per heavy atom. The van der Waals surface area contributed by atoms with E-state index >= 15 is 0 Å². The minimum absolute atomic E-state index is 0.588. The lowest BCUT2D eigenvalue weighted by molar-refractivity contribution is 0.112. The van der Waals surface area contributed by atoms with E-state index in [2.05, 4.69) is 22.4 Å². The average Bonchev–Trinajstić information content (AvgIpc) is 2.32. The lowest BCUT2D eigenvalue weighted by Crippen LogP contribution is -1.70. The smallest absolute Gasteiger partial charge is 0.153 e. The van der Waals surface area contributed by atoms with Crippen molar-refractivity contribution in [2.24, 2.45) is 4.99 Å². The van der Waals surface area contributed by atoms with E-state index in [1.54, 1.807) is 6.07 Å². The Bertz CT molecular complexity index is 323. The zero-order chi connectivity index (χ0) is 8.27. The molecule has 11 heavy (non-hydrogen) atoms. The number of nitrogens with zero attached hydrogens (tertiary/aromatic N) is 1. The van der Waals surface area contributed by atoms with Crippen LogP contribution in [-0.2, 0) is 0 Å². The third-order valence-corrected chi connectivity index (χ3v) is 2.19. The van der Waals surface area contributed by atoms with Crippen molar-refractivity contribution in [3.63, 3.8) is 0 Å². The monoisotopic (exact) mass is 183 g/mol. The maximum absolute atomic E-state index is 10.4. The second-order valence-electron chi connectivity index (χ2n) is 1.94. The van der Waals surface area contributed by atoms with Crippen molar-refractivity contribution in [3.05, 3.63) is 16.5 Å². The summed E-state index contributed by atoms with van der Waals surface area (Å²) in [5.74, 6) is 0. The maximum atomic E-state index is 10.4. The molecule has 56 valence electrons. The maximum Gasteiger partial charge on any atom is 0.153 e. The summed E-state index contributed by atoms with van der Waals surface area (Å²) in [6, 6.07) is 1.78. The van der Waals surface area contributed by atoms with Crippen LogP contribution in [0.5, 0.6) is 0 Å². The van der Waals surface area contributed by atoms with Gasteiger partial charge in [-0.3, -0.25) is 4.79 Å². The van der Waals surface area contributed by atoms with Crippen LogP contribution in [0.15, 0.2) is 11.1 Å². The number of hydrogen-bond acceptors (Lipinski definition) is 4. The van der Waals surface area contributed by atoms with Gasteiger partial charge in [-0.15, -0.1) is 11.3 Å². The van der Waals surface area contributed by atoms with Crippen LogP contribution in [0.3, 0.4) is 0 Å². The highest BCUT2D eigenvalue weighted by Gasteiger charge is 2.03. The molecule has 1 heterocycles. The average molecular weight is 183 g/mol. The van der Waals surface area contributed by atoms with Gasteiger partial charge in [-0.2, -0.15) is 4.99 Å². The van der Waals surface area contributed by atoms with E-state index in [9.17, 15) is 4.79 Å². The first-order valence-electron chi connectivity index (χ1n) is 2.91. The molecule has 0 spiro atoms. The second kappa shape index (κ2) is 3.53. The number of hydrogen-bond donors (Lipinski definition) is 0. The standard InChI is InChI=1S/C7H5NOS2/c1-5-2-6(3-9)7(11-5)8-4-10/h2-3H,1H3. The number of aldehydes is 1. The molecule has 0 N–H and O–H groups in total. The van der Waals surface area contributed by atoms with Crippen LogP contribution in [-0.4, -0.2) is 11.4 Å². The number of thiocarbonyl (C=S) groups is 1. The summed E-state index contributed by atoms with van der Waals surface area (Å²) < 4.78 is 0. The molecule has 0 bridgehead atoms. The predicted molar refractivity (Wildman–Crippen MR) is 49.1 cm³/mol. The van der Waals surface area contributed by atoms with Crippen molar-refractivity contribution < 1.29 is 4.79 Å². The predicted octanol–water partition coefficient (Wildman–Crippen LogP) is 2.60. The summed E-state index contributed by atoms with van der Waals surface area (Å²) in [5.41, 5.74) is 0.588. The van der Waals surface area contributed by atoms with Gasteiger partial charge in [0.1, 0.15) is 5.00 Å². The summed E-state index contributed by atoms with van der Waals surface area (Å²) in [5, 5.41) is 2.88. The fourth-order valence-electron chi connectivity index (χ4n) is 0.735. The zero-order valence-electron chi connectivity index (χ0n) is 5.83. The molecule has 0 radical (unpaired) electrons. The molecular weight excluding hydrogens is 178 g/mol. The highest BCUT2D eigenvalue weighted by atomic mass is 32.1. The van der Waals surface area contributed by atoms with Crippen LogP contribution in [0, 0.1) is 6.92 Å². The summed E-state index contributed by atoms with van der Waals surface area (Å²) in [7, 11) is 0. The Kier molecular flexibility index (Phi) is 2.65. The second-order valence-corrected chi connectivity index (χ2v) is 3.36. The Morgan fingerprint density at radius 1 is 1.82 bits per heavy atom. The third kappa shape index (κ3) is 1.80. The van der Waals surface area contributed by atoms with Crippen molar-refractivity contribution in [1.29, 1.82) is 0 Å². The molecule has 0 unspecified atom stereocenters. The number of thiophene rings is 1. The lowest BCUT2D eigenvalue weighted by atomic mass is 10.3. The lowest BCUT2D eigenvalue weighted by Gasteiger charge is -1.80. The highest BCUT2D eigenvalue weighted by molar-refractivity contribution is 7.78. The molecule has 4 heteroatoms. The van der Waals surface area contributed by atoms with Crippen molar-refractivity contribution in [1.82, 2.24) is 0 Å². The van der Waals surface area contributed by atoms with Crippen molar-refractivity contribution in [2.75, 3.05) is 0 Å². The van der Waals surface area contributed by atoms with Crippen molar-refractivity contribution >= 4 is 40.0 Å². The Balaban J connectivity index is 3.21. The van der Waals surface area contributed by atoms with E-state index in [1.807, 2.05) is 6.92 Å². The molecule has 0 amide bonds. The van der Waals surface area contributed by atoms with E-state index in [4.69, 9.17) is 0 Å². The first kappa shape index (κ1) is 8.27. The van der Waals surface area contributed by atoms with Crippen molar-refractivity contribution in [2.45, 2.75) is 6.92 Å². The molecule has 0 aliphatic rings. The Labute approximate surface area is 73.6 Å². The van der Waals surface area contributed by atoms with Crippen LogP contribution in [0.25, 0.3) is 0 Å². The molecule has 1 rings (SSSR count). The Hall–Kier alpha value is -0.830. The topological polar surface area (TPSA) is 29.4 Å². The van der Waals surface area contributed by atoms with E-state index in [1.165, 1.54) is 11.3 Å². The molecule has 0 saturated carbocycles. The van der Waals surface area contributed by atoms with Gasteiger partial charge in [0.2, 0.25) is 0 Å². The van der Waals surface area contributed by atoms with Gasteiger partial charge in [0.15, 0.2) is 6.29 Å². The highest BCUT2D eigenvalue weighted by Crippen LogP contribution is 2.28.